The van der Waals surface area contributed by atoms with Crippen LogP contribution in [0.4, 0.5) is 24.5 Å². The van der Waals surface area contributed by atoms with Crippen LogP contribution in [-0.2, 0) is 25.4 Å². The second kappa shape index (κ2) is 18.0. The first-order valence-corrected chi connectivity index (χ1v) is 19.5. The van der Waals surface area contributed by atoms with Crippen LogP contribution in [0.5, 0.6) is 0 Å². The lowest BCUT2D eigenvalue weighted by atomic mass is 9.90. The van der Waals surface area contributed by atoms with Gasteiger partial charge >= 0.3 is 6.18 Å². The minimum atomic E-state index is -4.69. The van der Waals surface area contributed by atoms with Crippen LogP contribution in [0.25, 0.3) is 0 Å². The van der Waals surface area contributed by atoms with Gasteiger partial charge in [-0.05, 0) is 94.2 Å². The summed E-state index contributed by atoms with van der Waals surface area (Å²) in [5, 5.41) is 14.5. The average molecular weight is 782 g/mol. The molecule has 1 atom stereocenters. The molecule has 296 valence electrons. The number of imide groups is 1. The van der Waals surface area contributed by atoms with Crippen molar-refractivity contribution in [2.24, 2.45) is 0 Å². The van der Waals surface area contributed by atoms with Gasteiger partial charge in [0.2, 0.25) is 17.7 Å². The van der Waals surface area contributed by atoms with Gasteiger partial charge in [0.1, 0.15) is 5.54 Å². The van der Waals surface area contributed by atoms with Gasteiger partial charge in [0.05, 0.1) is 35.3 Å². The fraction of sp³-hybridized carbons (Fsp3) is 0.550. The number of alkyl halides is 3. The van der Waals surface area contributed by atoms with Crippen molar-refractivity contribution in [3.05, 3.63) is 59.2 Å². The van der Waals surface area contributed by atoms with Gasteiger partial charge in [-0.1, -0.05) is 44.7 Å². The zero-order chi connectivity index (χ0) is 39.9. The van der Waals surface area contributed by atoms with E-state index in [1.165, 1.54) is 23.8 Å². The molecule has 0 bridgehead atoms. The molecule has 15 heteroatoms. The number of piperidine rings is 1. The van der Waals surface area contributed by atoms with E-state index in [0.29, 0.717) is 19.4 Å². The van der Waals surface area contributed by atoms with Crippen molar-refractivity contribution >= 4 is 52.3 Å². The second-order valence-corrected chi connectivity index (χ2v) is 15.5. The summed E-state index contributed by atoms with van der Waals surface area (Å²) in [6.45, 7) is 11.2. The SMILES string of the molecule is CC1(C)C(=O)N(c2ccc(C#N)c(C(F)(F)F)c2)C(=S)N1C1CCCCC1.CCCCN1CCN(CC(=O)Nc2ccc(C3CCC(=O)NC3=O)cc2)CC1. The van der Waals surface area contributed by atoms with Crippen molar-refractivity contribution in [2.45, 2.75) is 102 Å². The lowest BCUT2D eigenvalue weighted by molar-refractivity contribution is -0.138. The molecular formula is C40H50F3N7O4S. The third-order valence-corrected chi connectivity index (χ3v) is 11.2. The highest BCUT2D eigenvalue weighted by molar-refractivity contribution is 7.80. The third kappa shape index (κ3) is 10.1. The highest BCUT2D eigenvalue weighted by Crippen LogP contribution is 2.40. The summed E-state index contributed by atoms with van der Waals surface area (Å²) in [4.78, 5) is 56.3. The number of hydrogen-bond donors (Lipinski definition) is 2. The molecule has 1 saturated carbocycles. The summed E-state index contributed by atoms with van der Waals surface area (Å²) in [7, 11) is 0. The Morgan fingerprint density at radius 1 is 0.982 bits per heavy atom. The lowest BCUT2D eigenvalue weighted by Gasteiger charge is -2.39. The Hall–Kier alpha value is -4.39. The van der Waals surface area contributed by atoms with Gasteiger partial charge in [0.15, 0.2) is 5.11 Å². The standard InChI is InChI=1S/C21H30N4O3.C19H20F3N3OS/c1-2-3-10-24-11-13-25(14-12-24)15-20(27)22-17-6-4-16(5-7-17)18-8-9-19(26)23-21(18)28;1-18(2)16(26)24(17(27)25(18)13-6-4-3-5-7-13)14-9-8-12(11-23)15(10-14)19(20,21)22/h4-7,18H,2-3,8-15H2,1H3,(H,22,27)(H,23,26,28);8-10,13H,3-7H2,1-2H3. The van der Waals surface area contributed by atoms with Gasteiger partial charge in [-0.2, -0.15) is 18.4 Å². The maximum absolute atomic E-state index is 13.3. The molecule has 1 aliphatic carbocycles. The smallest absolute Gasteiger partial charge is 0.331 e. The fourth-order valence-corrected chi connectivity index (χ4v) is 8.33. The van der Waals surface area contributed by atoms with Gasteiger partial charge in [0, 0.05) is 44.3 Å². The van der Waals surface area contributed by atoms with Crippen LogP contribution in [-0.4, -0.2) is 94.3 Å². The van der Waals surface area contributed by atoms with Crippen molar-refractivity contribution in [3.63, 3.8) is 0 Å². The first kappa shape index (κ1) is 41.8. The fourth-order valence-electron chi connectivity index (χ4n) is 7.76. The minimum Gasteiger partial charge on any atom is -0.331 e. The maximum atomic E-state index is 13.3. The van der Waals surface area contributed by atoms with Crippen LogP contribution in [0.3, 0.4) is 0 Å². The summed E-state index contributed by atoms with van der Waals surface area (Å²) in [6.07, 6.45) is 3.69. The van der Waals surface area contributed by atoms with E-state index < -0.39 is 22.8 Å². The number of nitrogens with zero attached hydrogens (tertiary/aromatic N) is 5. The van der Waals surface area contributed by atoms with E-state index in [1.54, 1.807) is 19.9 Å². The molecule has 3 aliphatic heterocycles. The summed E-state index contributed by atoms with van der Waals surface area (Å²) >= 11 is 5.53. The molecular weight excluding hydrogens is 732 g/mol. The van der Waals surface area contributed by atoms with E-state index in [1.807, 2.05) is 29.2 Å². The first-order chi connectivity index (χ1) is 26.1. The molecule has 2 aromatic carbocycles. The zero-order valence-electron chi connectivity index (χ0n) is 31.7. The predicted molar refractivity (Wildman–Crippen MR) is 207 cm³/mol. The minimum absolute atomic E-state index is 0.0178. The molecule has 2 N–H and O–H groups in total. The van der Waals surface area contributed by atoms with Crippen LogP contribution in [0.1, 0.15) is 101 Å². The van der Waals surface area contributed by atoms with Gasteiger partial charge in [-0.15, -0.1) is 0 Å². The Labute approximate surface area is 326 Å². The number of rotatable bonds is 9. The molecule has 2 aromatic rings. The van der Waals surface area contributed by atoms with Gasteiger partial charge in [-0.25, -0.2) is 0 Å². The number of piperazine rings is 1. The van der Waals surface area contributed by atoms with Gasteiger partial charge < -0.3 is 15.1 Å². The summed E-state index contributed by atoms with van der Waals surface area (Å²) in [6, 6.07) is 12.3. The molecule has 4 aliphatic rings. The monoisotopic (exact) mass is 781 g/mol. The molecule has 0 aromatic heterocycles. The molecule has 0 radical (unpaired) electrons. The molecule has 1 unspecified atom stereocenters. The number of benzene rings is 2. The maximum Gasteiger partial charge on any atom is 0.417 e. The molecule has 4 amide bonds. The molecule has 0 spiro atoms. The summed E-state index contributed by atoms with van der Waals surface area (Å²) in [5.41, 5.74) is -0.832. The third-order valence-electron chi connectivity index (χ3n) is 10.8. The predicted octanol–water partition coefficient (Wildman–Crippen LogP) is 6.18. The summed E-state index contributed by atoms with van der Waals surface area (Å²) in [5.74, 6) is -1.12. The van der Waals surface area contributed by atoms with Crippen molar-refractivity contribution in [1.82, 2.24) is 20.0 Å². The Bertz CT molecular complexity index is 1780. The number of amides is 4. The van der Waals surface area contributed by atoms with Crippen LogP contribution in [0.2, 0.25) is 0 Å². The van der Waals surface area contributed by atoms with E-state index in [4.69, 9.17) is 17.5 Å². The van der Waals surface area contributed by atoms with E-state index in [-0.39, 0.29) is 46.4 Å². The van der Waals surface area contributed by atoms with Crippen molar-refractivity contribution in [3.8, 4) is 6.07 Å². The van der Waals surface area contributed by atoms with Gasteiger partial charge in [-0.3, -0.25) is 34.3 Å². The highest BCUT2D eigenvalue weighted by atomic mass is 32.1. The van der Waals surface area contributed by atoms with Crippen molar-refractivity contribution in [2.75, 3.05) is 49.5 Å². The Balaban J connectivity index is 0.000000211. The number of carbonyl (C=O) groups excluding carboxylic acids is 4. The quantitative estimate of drug-likeness (QED) is 0.226. The number of halogens is 3. The number of thiocarbonyl (C=S) groups is 1. The van der Waals surface area contributed by atoms with Crippen LogP contribution in [0.15, 0.2) is 42.5 Å². The van der Waals surface area contributed by atoms with Crippen molar-refractivity contribution in [1.29, 1.82) is 5.26 Å². The second-order valence-electron chi connectivity index (χ2n) is 15.1. The Kier molecular flexibility index (Phi) is 13.7. The molecule has 55 heavy (non-hydrogen) atoms. The number of nitriles is 1. The van der Waals surface area contributed by atoms with Gasteiger partial charge in [0.25, 0.3) is 5.91 Å². The molecule has 3 heterocycles. The number of hydrogen-bond acceptors (Lipinski definition) is 8. The first-order valence-electron chi connectivity index (χ1n) is 19.1. The van der Waals surface area contributed by atoms with E-state index in [0.717, 1.165) is 88.2 Å². The van der Waals surface area contributed by atoms with Crippen molar-refractivity contribution < 1.29 is 32.3 Å². The van der Waals surface area contributed by atoms with E-state index in [9.17, 15) is 32.3 Å². The topological polar surface area (TPSA) is 129 Å². The number of unbranched alkanes of at least 4 members (excludes halogenated alkanes) is 1. The number of anilines is 2. The van der Waals surface area contributed by atoms with Crippen LogP contribution >= 0.6 is 12.2 Å². The number of nitrogens with one attached hydrogen (secondary N) is 2. The molecule has 6 rings (SSSR count). The average Bonchev–Trinajstić information content (AvgIpc) is 3.33. The number of carbonyl (C=O) groups is 4. The van der Waals surface area contributed by atoms with Crippen LogP contribution in [0, 0.1) is 11.3 Å². The molecule has 11 nitrogen and oxygen atoms in total. The van der Waals surface area contributed by atoms with E-state index >= 15 is 0 Å². The normalized spacial score (nSPS) is 21.1. The lowest BCUT2D eigenvalue weighted by Crippen LogP contribution is -2.50. The molecule has 4 fully saturated rings. The Morgan fingerprint density at radius 3 is 2.24 bits per heavy atom. The summed E-state index contributed by atoms with van der Waals surface area (Å²) < 4.78 is 40.0. The zero-order valence-corrected chi connectivity index (χ0v) is 32.5. The van der Waals surface area contributed by atoms with E-state index in [2.05, 4.69) is 27.4 Å². The Morgan fingerprint density at radius 2 is 1.64 bits per heavy atom. The molecule has 3 saturated heterocycles. The van der Waals surface area contributed by atoms with Crippen LogP contribution < -0.4 is 15.5 Å². The highest BCUT2D eigenvalue weighted by Gasteiger charge is 2.52. The largest absolute Gasteiger partial charge is 0.417 e.